The lowest BCUT2D eigenvalue weighted by Gasteiger charge is -2.23. The van der Waals surface area contributed by atoms with Crippen LogP contribution in [0, 0.1) is 0 Å². The first-order valence-electron chi connectivity index (χ1n) is 9.15. The summed E-state index contributed by atoms with van der Waals surface area (Å²) < 4.78 is 32.4. The van der Waals surface area contributed by atoms with Crippen molar-refractivity contribution in [2.45, 2.75) is 26.2 Å². The molecular weight excluding hydrogens is 422 g/mol. The van der Waals surface area contributed by atoms with Gasteiger partial charge >= 0.3 is 0 Å². The monoisotopic (exact) mass is 446 g/mol. The Bertz CT molecular complexity index is 1230. The molecule has 7 nitrogen and oxygen atoms in total. The number of ether oxygens (including phenoxy) is 1. The molecule has 0 unspecified atom stereocenters. The summed E-state index contributed by atoms with van der Waals surface area (Å²) in [4.78, 5) is 13.4. The topological polar surface area (TPSA) is 108 Å². The van der Waals surface area contributed by atoms with Crippen LogP contribution in [0.2, 0.25) is 0 Å². The number of sulfonamides is 1. The quantitative estimate of drug-likeness (QED) is 0.590. The lowest BCUT2D eigenvalue weighted by Crippen LogP contribution is -2.18. The van der Waals surface area contributed by atoms with Crippen LogP contribution in [0.1, 0.15) is 36.0 Å². The summed E-state index contributed by atoms with van der Waals surface area (Å²) in [7, 11) is -2.14. The summed E-state index contributed by atoms with van der Waals surface area (Å²) in [5, 5.41) is 3.56. The predicted octanol–water partition coefficient (Wildman–Crippen LogP) is 4.75. The van der Waals surface area contributed by atoms with E-state index >= 15 is 0 Å². The zero-order valence-corrected chi connectivity index (χ0v) is 19.0. The van der Waals surface area contributed by atoms with Gasteiger partial charge in [0.15, 0.2) is 5.75 Å². The van der Waals surface area contributed by atoms with Crippen LogP contribution in [0.25, 0.3) is 10.1 Å². The molecule has 0 aliphatic carbocycles. The normalized spacial score (nSPS) is 12.0. The Morgan fingerprint density at radius 1 is 1.13 bits per heavy atom. The van der Waals surface area contributed by atoms with Crippen molar-refractivity contribution in [1.82, 2.24) is 5.73 Å². The highest BCUT2D eigenvalue weighted by atomic mass is 32.2. The van der Waals surface area contributed by atoms with Gasteiger partial charge in [-0.1, -0.05) is 26.8 Å². The first-order chi connectivity index (χ1) is 13.9. The van der Waals surface area contributed by atoms with E-state index in [4.69, 9.17) is 10.5 Å². The van der Waals surface area contributed by atoms with Crippen LogP contribution in [0.15, 0.2) is 36.4 Å². The average molecular weight is 447 g/mol. The van der Waals surface area contributed by atoms with Crippen LogP contribution in [-0.4, -0.2) is 27.7 Å². The summed E-state index contributed by atoms with van der Waals surface area (Å²) >= 11 is 1.29. The molecule has 0 aliphatic rings. The fourth-order valence-corrected chi connectivity index (χ4v) is 4.54. The van der Waals surface area contributed by atoms with Crippen molar-refractivity contribution in [1.29, 1.82) is 0 Å². The number of nitrogens with one attached hydrogen (secondary N) is 3. The van der Waals surface area contributed by atoms with Crippen molar-refractivity contribution in [3.63, 3.8) is 0 Å². The molecule has 159 valence electrons. The Balaban J connectivity index is 2.07. The van der Waals surface area contributed by atoms with Gasteiger partial charge in [0.05, 0.1) is 35.3 Å². The van der Waals surface area contributed by atoms with Crippen molar-refractivity contribution in [2.24, 2.45) is 0 Å². The molecule has 3 aromatic rings. The lowest BCUT2D eigenvalue weighted by molar-refractivity contribution is 0.103. The van der Waals surface area contributed by atoms with Crippen molar-refractivity contribution in [2.75, 3.05) is 23.4 Å². The SMILES string of the molecule is COc1c(NC(=O)c2cc3c([NH])cccc3s2)cc(C(C)(C)C)cc1NS(C)(=O)=O. The van der Waals surface area contributed by atoms with Gasteiger partial charge < -0.3 is 15.8 Å². The van der Waals surface area contributed by atoms with Gasteiger partial charge in [-0.3, -0.25) is 9.52 Å². The molecule has 0 bridgehead atoms. The van der Waals surface area contributed by atoms with E-state index < -0.39 is 10.0 Å². The molecule has 0 saturated carbocycles. The molecule has 0 atom stereocenters. The number of thiophene rings is 1. The van der Waals surface area contributed by atoms with Crippen molar-refractivity contribution in [3.05, 3.63) is 46.8 Å². The number of carbonyl (C=O) groups excluding carboxylic acids is 1. The van der Waals surface area contributed by atoms with Crippen LogP contribution in [-0.2, 0) is 15.4 Å². The second kappa shape index (κ2) is 7.81. The molecule has 2 aromatic carbocycles. The molecule has 1 amide bonds. The predicted molar refractivity (Wildman–Crippen MR) is 123 cm³/mol. The summed E-state index contributed by atoms with van der Waals surface area (Å²) in [6.45, 7) is 5.98. The van der Waals surface area contributed by atoms with Gasteiger partial charge in [-0.05, 0) is 41.3 Å². The molecule has 0 spiro atoms. The maximum atomic E-state index is 13.0. The van der Waals surface area contributed by atoms with Gasteiger partial charge in [0, 0.05) is 10.1 Å². The summed E-state index contributed by atoms with van der Waals surface area (Å²) in [6, 6.07) is 10.5. The molecule has 3 N–H and O–H groups in total. The van der Waals surface area contributed by atoms with Gasteiger partial charge in [-0.2, -0.15) is 0 Å². The standard InChI is InChI=1S/C21H24N3O4S2/c1-21(2,3)12-9-15(19(28-4)16(10-12)24-30(5,26)27)23-20(25)18-11-13-14(22)7-6-8-17(13)29-18/h6-11,22,24H,1-5H3,(H,23,25). The number of hydrogen-bond acceptors (Lipinski definition) is 5. The lowest BCUT2D eigenvalue weighted by atomic mass is 9.86. The molecule has 0 fully saturated rings. The van der Waals surface area contributed by atoms with E-state index in [1.165, 1.54) is 18.4 Å². The largest absolute Gasteiger partial charge is 0.492 e. The summed E-state index contributed by atoms with van der Waals surface area (Å²) in [5.74, 6) is -0.130. The van der Waals surface area contributed by atoms with Gasteiger partial charge in [0.1, 0.15) is 0 Å². The number of benzene rings is 2. The summed E-state index contributed by atoms with van der Waals surface area (Å²) in [6.07, 6.45) is 1.06. The minimum absolute atomic E-state index is 0.226. The molecule has 1 heterocycles. The third-order valence-electron chi connectivity index (χ3n) is 4.49. The van der Waals surface area contributed by atoms with E-state index in [0.717, 1.165) is 16.5 Å². The molecule has 3 rings (SSSR count). The van der Waals surface area contributed by atoms with Crippen molar-refractivity contribution >= 4 is 54.4 Å². The molecule has 0 saturated heterocycles. The molecule has 1 aromatic heterocycles. The Labute approximate surface area is 180 Å². The Hall–Kier alpha value is -2.78. The molecule has 1 radical (unpaired) electrons. The van der Waals surface area contributed by atoms with E-state index in [2.05, 4.69) is 10.0 Å². The van der Waals surface area contributed by atoms with Crippen LogP contribution in [0.4, 0.5) is 17.1 Å². The number of amides is 1. The average Bonchev–Trinajstić information content (AvgIpc) is 3.05. The molecule has 9 heteroatoms. The van der Waals surface area contributed by atoms with E-state index in [0.29, 0.717) is 21.6 Å². The highest BCUT2D eigenvalue weighted by molar-refractivity contribution is 7.92. The van der Waals surface area contributed by atoms with Crippen LogP contribution in [0.5, 0.6) is 5.75 Å². The van der Waals surface area contributed by atoms with Gasteiger partial charge in [-0.25, -0.2) is 8.42 Å². The number of methoxy groups -OCH3 is 1. The fourth-order valence-electron chi connectivity index (χ4n) is 3.01. The highest BCUT2D eigenvalue weighted by Gasteiger charge is 2.23. The van der Waals surface area contributed by atoms with E-state index in [-0.39, 0.29) is 22.8 Å². The number of hydrogen-bond donors (Lipinski definition) is 2. The van der Waals surface area contributed by atoms with Crippen LogP contribution in [0.3, 0.4) is 0 Å². The zero-order chi connectivity index (χ0) is 22.3. The first-order valence-corrected chi connectivity index (χ1v) is 11.9. The highest BCUT2D eigenvalue weighted by Crippen LogP contribution is 2.40. The Morgan fingerprint density at radius 2 is 1.80 bits per heavy atom. The zero-order valence-electron chi connectivity index (χ0n) is 17.4. The van der Waals surface area contributed by atoms with Gasteiger partial charge in [-0.15, -0.1) is 11.3 Å². The minimum Gasteiger partial charge on any atom is -0.492 e. The van der Waals surface area contributed by atoms with Gasteiger partial charge in [0.2, 0.25) is 10.0 Å². The number of rotatable bonds is 5. The fraction of sp³-hybridized carbons (Fsp3) is 0.286. The molecule has 0 aliphatic heterocycles. The Morgan fingerprint density at radius 3 is 2.37 bits per heavy atom. The third kappa shape index (κ3) is 4.68. The van der Waals surface area contributed by atoms with Crippen LogP contribution >= 0.6 is 11.3 Å². The van der Waals surface area contributed by atoms with Crippen molar-refractivity contribution < 1.29 is 17.9 Å². The number of fused-ring (bicyclic) bond motifs is 1. The first kappa shape index (κ1) is 21.9. The number of anilines is 2. The molecular formula is C21H24N3O4S2. The third-order valence-corrected chi connectivity index (χ3v) is 6.18. The van der Waals surface area contributed by atoms with E-state index in [1.807, 2.05) is 26.8 Å². The minimum atomic E-state index is -3.55. The second-order valence-electron chi connectivity index (χ2n) is 8.01. The number of carbonyl (C=O) groups is 1. The maximum Gasteiger partial charge on any atom is 0.265 e. The Kier molecular flexibility index (Phi) is 5.70. The van der Waals surface area contributed by atoms with Crippen molar-refractivity contribution in [3.8, 4) is 5.75 Å². The maximum absolute atomic E-state index is 13.0. The smallest absolute Gasteiger partial charge is 0.265 e. The van der Waals surface area contributed by atoms with Crippen LogP contribution < -0.4 is 20.5 Å². The van der Waals surface area contributed by atoms with E-state index in [1.54, 1.807) is 30.3 Å². The molecule has 30 heavy (non-hydrogen) atoms. The second-order valence-corrected chi connectivity index (χ2v) is 10.8. The van der Waals surface area contributed by atoms with E-state index in [9.17, 15) is 13.2 Å². The summed E-state index contributed by atoms with van der Waals surface area (Å²) in [5.41, 5.74) is 9.51. The van der Waals surface area contributed by atoms with Gasteiger partial charge in [0.25, 0.3) is 5.91 Å².